The maximum atomic E-state index is 14.3. The van der Waals surface area contributed by atoms with Crippen LogP contribution in [0.2, 0.25) is 0 Å². The highest BCUT2D eigenvalue weighted by molar-refractivity contribution is 5.83. The molecule has 0 amide bonds. The second kappa shape index (κ2) is 8.30. The summed E-state index contributed by atoms with van der Waals surface area (Å²) in [6.45, 7) is 4.18. The number of hydrogen-bond acceptors (Lipinski definition) is 3. The molecule has 158 valence electrons. The Morgan fingerprint density at radius 3 is 2.52 bits per heavy atom. The van der Waals surface area contributed by atoms with Gasteiger partial charge in [0.25, 0.3) is 0 Å². The molecule has 0 N–H and O–H groups in total. The number of methoxy groups -OCH3 is 1. The molecule has 0 atom stereocenters. The number of ether oxygens (including phenoxy) is 1. The lowest BCUT2D eigenvalue weighted by atomic mass is 9.98. The maximum Gasteiger partial charge on any atom is 0.216 e. The highest BCUT2D eigenvalue weighted by atomic mass is 19.1. The average molecular weight is 420 g/mol. The molecule has 1 aromatic heterocycles. The van der Waals surface area contributed by atoms with Gasteiger partial charge in [-0.3, -0.25) is 9.48 Å². The Bertz CT molecular complexity index is 1330. The van der Waals surface area contributed by atoms with Crippen LogP contribution in [-0.4, -0.2) is 16.9 Å². The first-order chi connectivity index (χ1) is 14.9. The van der Waals surface area contributed by atoms with Crippen LogP contribution in [0.15, 0.2) is 65.5 Å². The number of hydrogen-bond donors (Lipinski definition) is 0. The van der Waals surface area contributed by atoms with Gasteiger partial charge in [-0.05, 0) is 41.8 Å². The molecular weight excluding hydrogens is 398 g/mol. The topological polar surface area (TPSA) is 44.1 Å². The Labute approximate surface area is 178 Å². The first-order valence-electron chi connectivity index (χ1n) is 10.0. The molecule has 0 unspecified atom stereocenters. The average Bonchev–Trinajstić information content (AvgIpc) is 2.77. The zero-order valence-electron chi connectivity index (χ0n) is 17.5. The van der Waals surface area contributed by atoms with E-state index in [1.165, 1.54) is 12.1 Å². The summed E-state index contributed by atoms with van der Waals surface area (Å²) in [5, 5.41) is 5.07. The number of aromatic nitrogens is 2. The Morgan fingerprint density at radius 1 is 1.03 bits per heavy atom. The van der Waals surface area contributed by atoms with E-state index in [1.54, 1.807) is 36.1 Å². The van der Waals surface area contributed by atoms with Crippen molar-refractivity contribution in [2.75, 3.05) is 7.11 Å². The molecule has 4 rings (SSSR count). The highest BCUT2D eigenvalue weighted by Crippen LogP contribution is 2.31. The fourth-order valence-corrected chi connectivity index (χ4v) is 3.62. The van der Waals surface area contributed by atoms with E-state index in [1.807, 2.05) is 18.2 Å². The van der Waals surface area contributed by atoms with Crippen molar-refractivity contribution in [2.45, 2.75) is 26.3 Å². The number of benzene rings is 3. The summed E-state index contributed by atoms with van der Waals surface area (Å²) in [5.74, 6) is -0.523. The van der Waals surface area contributed by atoms with E-state index in [4.69, 9.17) is 4.74 Å². The van der Waals surface area contributed by atoms with E-state index < -0.39 is 11.6 Å². The summed E-state index contributed by atoms with van der Waals surface area (Å²) >= 11 is 0. The van der Waals surface area contributed by atoms with Gasteiger partial charge < -0.3 is 4.74 Å². The quantitative estimate of drug-likeness (QED) is 0.427. The molecular formula is C25H22F2N2O2. The molecule has 0 aliphatic heterocycles. The van der Waals surface area contributed by atoms with Crippen molar-refractivity contribution in [1.29, 1.82) is 0 Å². The van der Waals surface area contributed by atoms with Crippen molar-refractivity contribution in [1.82, 2.24) is 9.78 Å². The van der Waals surface area contributed by atoms with Gasteiger partial charge in [0.05, 0.1) is 19.2 Å². The zero-order valence-corrected chi connectivity index (χ0v) is 17.5. The van der Waals surface area contributed by atoms with Gasteiger partial charge in [-0.15, -0.1) is 0 Å². The van der Waals surface area contributed by atoms with Crippen molar-refractivity contribution in [2.24, 2.45) is 0 Å². The van der Waals surface area contributed by atoms with E-state index in [0.717, 1.165) is 11.6 Å². The van der Waals surface area contributed by atoms with Crippen LogP contribution in [0, 0.1) is 11.6 Å². The minimum atomic E-state index is -0.662. The van der Waals surface area contributed by atoms with Gasteiger partial charge in [0, 0.05) is 22.6 Å². The molecule has 0 spiro atoms. The smallest absolute Gasteiger partial charge is 0.216 e. The Hall–Kier alpha value is -3.54. The highest BCUT2D eigenvalue weighted by Gasteiger charge is 2.18. The van der Waals surface area contributed by atoms with E-state index in [2.05, 4.69) is 18.9 Å². The third kappa shape index (κ3) is 3.93. The van der Waals surface area contributed by atoms with Crippen LogP contribution >= 0.6 is 0 Å². The van der Waals surface area contributed by atoms with E-state index in [9.17, 15) is 13.6 Å². The van der Waals surface area contributed by atoms with Gasteiger partial charge >= 0.3 is 0 Å². The molecule has 6 heteroatoms. The van der Waals surface area contributed by atoms with Crippen LogP contribution in [0.3, 0.4) is 0 Å². The Balaban J connectivity index is 1.97. The third-order valence-corrected chi connectivity index (χ3v) is 5.34. The third-order valence-electron chi connectivity index (χ3n) is 5.34. The lowest BCUT2D eigenvalue weighted by Gasteiger charge is -2.16. The molecule has 0 aliphatic rings. The number of rotatable bonds is 5. The second-order valence-electron chi connectivity index (χ2n) is 7.70. The molecule has 0 saturated carbocycles. The molecule has 0 aliphatic carbocycles. The fraction of sp³-hybridized carbons (Fsp3) is 0.200. The van der Waals surface area contributed by atoms with Crippen LogP contribution in [0.25, 0.3) is 22.2 Å². The van der Waals surface area contributed by atoms with Crippen molar-refractivity contribution in [3.05, 3.63) is 93.6 Å². The summed E-state index contributed by atoms with van der Waals surface area (Å²) < 4.78 is 34.8. The first kappa shape index (κ1) is 20.7. The van der Waals surface area contributed by atoms with E-state index in [-0.39, 0.29) is 29.1 Å². The standard InChI is InChI=1S/C25H22F2N2O2/c1-15(2)16-9-11-23(31-3)20(12-16)24-25(30)19-6-4-5-7-22(19)29(28-24)14-17-8-10-18(26)13-21(17)27/h4-13,15H,14H2,1-3H3. The minimum Gasteiger partial charge on any atom is -0.496 e. The predicted octanol–water partition coefficient (Wildman–Crippen LogP) is 5.52. The van der Waals surface area contributed by atoms with E-state index in [0.29, 0.717) is 22.2 Å². The molecule has 0 saturated heterocycles. The zero-order chi connectivity index (χ0) is 22.1. The summed E-state index contributed by atoms with van der Waals surface area (Å²) in [6.07, 6.45) is 0. The molecule has 1 heterocycles. The molecule has 3 aromatic carbocycles. The van der Waals surface area contributed by atoms with Crippen LogP contribution in [0.4, 0.5) is 8.78 Å². The van der Waals surface area contributed by atoms with Crippen LogP contribution < -0.4 is 10.2 Å². The normalized spacial score (nSPS) is 11.3. The largest absolute Gasteiger partial charge is 0.496 e. The van der Waals surface area contributed by atoms with Gasteiger partial charge in [0.2, 0.25) is 5.43 Å². The number of fused-ring (bicyclic) bond motifs is 1. The lowest BCUT2D eigenvalue weighted by molar-refractivity contribution is 0.416. The lowest BCUT2D eigenvalue weighted by Crippen LogP contribution is -2.18. The summed E-state index contributed by atoms with van der Waals surface area (Å²) in [7, 11) is 1.54. The predicted molar refractivity (Wildman–Crippen MR) is 118 cm³/mol. The van der Waals surface area contributed by atoms with Crippen molar-refractivity contribution >= 4 is 10.9 Å². The van der Waals surface area contributed by atoms with Crippen LogP contribution in [0.1, 0.15) is 30.9 Å². The van der Waals surface area contributed by atoms with Gasteiger partial charge in [0.1, 0.15) is 23.1 Å². The molecule has 4 aromatic rings. The molecule has 0 radical (unpaired) electrons. The maximum absolute atomic E-state index is 14.3. The Kier molecular flexibility index (Phi) is 5.55. The minimum absolute atomic E-state index is 0.0477. The van der Waals surface area contributed by atoms with Crippen molar-refractivity contribution in [3.8, 4) is 17.0 Å². The SMILES string of the molecule is COc1ccc(C(C)C)cc1-c1nn(Cc2ccc(F)cc2F)c2ccccc2c1=O. The monoisotopic (exact) mass is 420 g/mol. The number of nitrogens with zero attached hydrogens (tertiary/aromatic N) is 2. The summed E-state index contributed by atoms with van der Waals surface area (Å²) in [6, 6.07) is 16.2. The van der Waals surface area contributed by atoms with Gasteiger partial charge in [-0.2, -0.15) is 5.10 Å². The Morgan fingerprint density at radius 2 is 1.81 bits per heavy atom. The summed E-state index contributed by atoms with van der Waals surface area (Å²) in [4.78, 5) is 13.3. The van der Waals surface area contributed by atoms with Crippen molar-refractivity contribution < 1.29 is 13.5 Å². The fourth-order valence-electron chi connectivity index (χ4n) is 3.62. The molecule has 31 heavy (non-hydrogen) atoms. The van der Waals surface area contributed by atoms with Crippen LogP contribution in [0.5, 0.6) is 5.75 Å². The van der Waals surface area contributed by atoms with E-state index >= 15 is 0 Å². The second-order valence-corrected chi connectivity index (χ2v) is 7.70. The van der Waals surface area contributed by atoms with Gasteiger partial charge in [-0.1, -0.05) is 38.1 Å². The van der Waals surface area contributed by atoms with Gasteiger partial charge in [-0.25, -0.2) is 8.78 Å². The van der Waals surface area contributed by atoms with Crippen LogP contribution in [-0.2, 0) is 6.54 Å². The molecule has 0 bridgehead atoms. The number of halogens is 2. The number of para-hydroxylation sites is 1. The van der Waals surface area contributed by atoms with Crippen molar-refractivity contribution in [3.63, 3.8) is 0 Å². The summed E-state index contributed by atoms with van der Waals surface area (Å²) in [5.41, 5.74) is 2.46. The molecule has 4 nitrogen and oxygen atoms in total. The first-order valence-corrected chi connectivity index (χ1v) is 10.0. The molecule has 0 fully saturated rings. The van der Waals surface area contributed by atoms with Gasteiger partial charge in [0.15, 0.2) is 0 Å².